The molecule has 0 amide bonds. The average Bonchev–Trinajstić information content (AvgIpc) is 2.97. The molecule has 0 aromatic heterocycles. The van der Waals surface area contributed by atoms with Gasteiger partial charge in [0.05, 0.1) is 0 Å². The predicted octanol–water partition coefficient (Wildman–Crippen LogP) is 12.2. The van der Waals surface area contributed by atoms with E-state index in [-0.39, 0.29) is 18.5 Å². The molecule has 4 nitrogen and oxygen atoms in total. The van der Waals surface area contributed by atoms with Crippen LogP contribution < -0.4 is 0 Å². The number of carbonyl (C=O) groups is 2. The molecule has 0 fully saturated rings. The van der Waals surface area contributed by atoms with Crippen molar-refractivity contribution < 1.29 is 19.4 Å². The number of carboxylic acids is 1. The molecule has 0 heterocycles. The zero-order chi connectivity index (χ0) is 30.8. The number of carbonyl (C=O) groups excluding carboxylic acids is 1. The van der Waals surface area contributed by atoms with E-state index in [4.69, 9.17) is 9.84 Å². The molecule has 0 aliphatic heterocycles. The number of ether oxygens (including phenoxy) is 1. The lowest BCUT2D eigenvalue weighted by Crippen LogP contribution is -2.18. The molecule has 0 aromatic rings. The van der Waals surface area contributed by atoms with Crippen LogP contribution in [0.15, 0.2) is 36.5 Å². The first-order valence-electron chi connectivity index (χ1n) is 18.0. The maximum Gasteiger partial charge on any atom is 0.306 e. The molecule has 244 valence electrons. The molecule has 0 saturated carbocycles. The second-order valence-electron chi connectivity index (χ2n) is 12.1. The Balaban J connectivity index is 3.88. The molecule has 1 atom stereocenters. The Kier molecular flexibility index (Phi) is 32.2. The number of allylic oxidation sites excluding steroid dienone is 6. The lowest BCUT2D eigenvalue weighted by molar-refractivity contribution is -0.150. The average molecular weight is 589 g/mol. The van der Waals surface area contributed by atoms with Gasteiger partial charge in [-0.05, 0) is 77.0 Å². The highest BCUT2D eigenvalue weighted by molar-refractivity contribution is 5.69. The van der Waals surface area contributed by atoms with Crippen LogP contribution in [0.5, 0.6) is 0 Å². The molecule has 0 bridgehead atoms. The van der Waals surface area contributed by atoms with Gasteiger partial charge in [-0.2, -0.15) is 0 Å². The normalized spacial score (nSPS) is 12.6. The summed E-state index contributed by atoms with van der Waals surface area (Å²) in [7, 11) is 0. The smallest absolute Gasteiger partial charge is 0.306 e. The zero-order valence-electron chi connectivity index (χ0n) is 27.8. The van der Waals surface area contributed by atoms with Crippen LogP contribution in [0.1, 0.15) is 187 Å². The molecule has 0 spiro atoms. The summed E-state index contributed by atoms with van der Waals surface area (Å²) >= 11 is 0. The van der Waals surface area contributed by atoms with Crippen LogP contribution >= 0.6 is 0 Å². The fourth-order valence-electron chi connectivity index (χ4n) is 5.19. The zero-order valence-corrected chi connectivity index (χ0v) is 27.8. The molecule has 1 unspecified atom stereocenters. The van der Waals surface area contributed by atoms with Crippen LogP contribution in [0.2, 0.25) is 0 Å². The van der Waals surface area contributed by atoms with Crippen LogP contribution in [-0.2, 0) is 14.3 Å². The van der Waals surface area contributed by atoms with Crippen molar-refractivity contribution in [2.45, 2.75) is 193 Å². The number of hydrogen-bond acceptors (Lipinski definition) is 3. The third-order valence-electron chi connectivity index (χ3n) is 7.86. The van der Waals surface area contributed by atoms with Gasteiger partial charge in [0.2, 0.25) is 0 Å². The van der Waals surface area contributed by atoms with Gasteiger partial charge >= 0.3 is 11.9 Å². The summed E-state index contributed by atoms with van der Waals surface area (Å²) in [4.78, 5) is 23.2. The highest BCUT2D eigenvalue weighted by Gasteiger charge is 2.14. The van der Waals surface area contributed by atoms with E-state index in [2.05, 4.69) is 50.3 Å². The van der Waals surface area contributed by atoms with Gasteiger partial charge in [0.1, 0.15) is 6.10 Å². The van der Waals surface area contributed by atoms with E-state index in [0.717, 1.165) is 77.0 Å². The topological polar surface area (TPSA) is 63.6 Å². The molecular weight excluding hydrogens is 520 g/mol. The summed E-state index contributed by atoms with van der Waals surface area (Å²) in [5.41, 5.74) is 0. The molecule has 0 rings (SSSR count). The first-order chi connectivity index (χ1) is 20.6. The Morgan fingerprint density at radius 2 is 0.929 bits per heavy atom. The van der Waals surface area contributed by atoms with E-state index < -0.39 is 5.97 Å². The van der Waals surface area contributed by atoms with Crippen LogP contribution in [0.25, 0.3) is 0 Å². The standard InChI is InChI=1S/C38H68O4/c1-3-5-7-9-11-12-13-14-15-16-17-18-19-20-21-22-23-25-31-35-38(41)42-36(32-28-24-10-8-6-4-2)33-29-26-27-30-34-37(39)40/h11-12,14-15,17-18,36H,3-10,13,16,19-35H2,1-2H3,(H,39,40)/b12-11-,15-14-,18-17-. The summed E-state index contributed by atoms with van der Waals surface area (Å²) < 4.78 is 5.91. The molecule has 0 saturated heterocycles. The van der Waals surface area contributed by atoms with Crippen LogP contribution in [0, 0.1) is 0 Å². The molecular formula is C38H68O4. The number of esters is 1. The second kappa shape index (κ2) is 33.7. The van der Waals surface area contributed by atoms with Gasteiger partial charge in [0.25, 0.3) is 0 Å². The van der Waals surface area contributed by atoms with E-state index >= 15 is 0 Å². The van der Waals surface area contributed by atoms with E-state index in [1.807, 2.05) is 0 Å². The maximum atomic E-state index is 12.5. The number of rotatable bonds is 32. The SMILES string of the molecule is CCCCC/C=C\C/C=C\C/C=C\CCCCCCCCC(=O)OC(CCCCCCCC)CCCCCCC(=O)O. The van der Waals surface area contributed by atoms with Crippen molar-refractivity contribution in [3.8, 4) is 0 Å². The van der Waals surface area contributed by atoms with Crippen LogP contribution in [-0.4, -0.2) is 23.1 Å². The highest BCUT2D eigenvalue weighted by Crippen LogP contribution is 2.18. The van der Waals surface area contributed by atoms with Gasteiger partial charge in [-0.15, -0.1) is 0 Å². The molecule has 42 heavy (non-hydrogen) atoms. The van der Waals surface area contributed by atoms with Crippen LogP contribution in [0.4, 0.5) is 0 Å². The van der Waals surface area contributed by atoms with Crippen molar-refractivity contribution in [2.75, 3.05) is 0 Å². The summed E-state index contributed by atoms with van der Waals surface area (Å²) in [6.07, 6.45) is 43.0. The number of carboxylic acid groups (broad SMARTS) is 1. The fraction of sp³-hybridized carbons (Fsp3) is 0.789. The quantitative estimate of drug-likeness (QED) is 0.0482. The summed E-state index contributed by atoms with van der Waals surface area (Å²) in [5.74, 6) is -0.743. The Hall–Kier alpha value is -1.84. The number of aliphatic carboxylic acids is 1. The van der Waals surface area contributed by atoms with Gasteiger partial charge in [-0.1, -0.05) is 134 Å². The van der Waals surface area contributed by atoms with Crippen molar-refractivity contribution in [3.05, 3.63) is 36.5 Å². The predicted molar refractivity (Wildman–Crippen MR) is 181 cm³/mol. The van der Waals surface area contributed by atoms with E-state index in [0.29, 0.717) is 6.42 Å². The fourth-order valence-corrected chi connectivity index (χ4v) is 5.19. The first-order valence-corrected chi connectivity index (χ1v) is 18.0. The molecule has 0 radical (unpaired) electrons. The van der Waals surface area contributed by atoms with Crippen molar-refractivity contribution in [2.24, 2.45) is 0 Å². The van der Waals surface area contributed by atoms with Crippen molar-refractivity contribution in [3.63, 3.8) is 0 Å². The molecule has 0 aromatic carbocycles. The van der Waals surface area contributed by atoms with Crippen molar-refractivity contribution in [1.82, 2.24) is 0 Å². The Bertz CT molecular complexity index is 679. The van der Waals surface area contributed by atoms with Gasteiger partial charge in [-0.3, -0.25) is 9.59 Å². The largest absolute Gasteiger partial charge is 0.481 e. The maximum absolute atomic E-state index is 12.5. The molecule has 4 heteroatoms. The number of hydrogen-bond donors (Lipinski definition) is 1. The third kappa shape index (κ3) is 32.7. The molecule has 0 aliphatic carbocycles. The first kappa shape index (κ1) is 40.2. The van der Waals surface area contributed by atoms with E-state index in [9.17, 15) is 9.59 Å². The Morgan fingerprint density at radius 1 is 0.524 bits per heavy atom. The van der Waals surface area contributed by atoms with Gasteiger partial charge in [0.15, 0.2) is 0 Å². The van der Waals surface area contributed by atoms with Crippen molar-refractivity contribution >= 4 is 11.9 Å². The second-order valence-corrected chi connectivity index (χ2v) is 12.1. The summed E-state index contributed by atoms with van der Waals surface area (Å²) in [6.45, 7) is 4.48. The summed E-state index contributed by atoms with van der Waals surface area (Å²) in [5, 5.41) is 8.79. The summed E-state index contributed by atoms with van der Waals surface area (Å²) in [6, 6.07) is 0. The minimum absolute atomic E-state index is 0.0287. The molecule has 1 N–H and O–H groups in total. The van der Waals surface area contributed by atoms with Crippen molar-refractivity contribution in [1.29, 1.82) is 0 Å². The van der Waals surface area contributed by atoms with E-state index in [1.54, 1.807) is 0 Å². The lowest BCUT2D eigenvalue weighted by Gasteiger charge is -2.18. The Morgan fingerprint density at radius 3 is 1.48 bits per heavy atom. The molecule has 0 aliphatic rings. The lowest BCUT2D eigenvalue weighted by atomic mass is 10.0. The van der Waals surface area contributed by atoms with Gasteiger partial charge < -0.3 is 9.84 Å². The van der Waals surface area contributed by atoms with Gasteiger partial charge in [0, 0.05) is 12.8 Å². The van der Waals surface area contributed by atoms with Crippen LogP contribution in [0.3, 0.4) is 0 Å². The van der Waals surface area contributed by atoms with E-state index in [1.165, 1.54) is 83.5 Å². The minimum atomic E-state index is -0.715. The van der Waals surface area contributed by atoms with Gasteiger partial charge in [-0.25, -0.2) is 0 Å². The monoisotopic (exact) mass is 589 g/mol. The Labute approximate surface area is 260 Å². The number of unbranched alkanes of at least 4 members (excludes halogenated alkanes) is 17. The minimum Gasteiger partial charge on any atom is -0.481 e. The highest BCUT2D eigenvalue weighted by atomic mass is 16.5. The third-order valence-corrected chi connectivity index (χ3v) is 7.86.